The number of halogens is 1. The second-order valence-corrected chi connectivity index (χ2v) is 11.6. The number of hydrogen-bond donors (Lipinski definition) is 1. The van der Waals surface area contributed by atoms with E-state index in [1.54, 1.807) is 6.08 Å². The van der Waals surface area contributed by atoms with Crippen molar-refractivity contribution in [1.82, 2.24) is 5.32 Å². The number of Topliss-reactive ketones (excluding diaryl/α,β-unsaturated/α-hetero) is 1. The van der Waals surface area contributed by atoms with Crippen LogP contribution in [0.5, 0.6) is 0 Å². The number of ketones is 1. The van der Waals surface area contributed by atoms with Gasteiger partial charge in [-0.1, -0.05) is 84.4 Å². The van der Waals surface area contributed by atoms with Crippen LogP contribution >= 0.6 is 0 Å². The van der Waals surface area contributed by atoms with E-state index in [4.69, 9.17) is 4.99 Å². The molecule has 230 valence electrons. The smallest absolute Gasteiger partial charge is 0.146 e. The fourth-order valence-electron chi connectivity index (χ4n) is 5.42. The molecule has 0 saturated carbocycles. The molecule has 0 spiro atoms. The fraction of sp³-hybridized carbons (Fsp3) is 0.474. The summed E-state index contributed by atoms with van der Waals surface area (Å²) in [5.41, 5.74) is 7.35. The fourth-order valence-corrected chi connectivity index (χ4v) is 5.42. The molecule has 0 aliphatic rings. The minimum Gasteiger partial charge on any atom is -0.356 e. The van der Waals surface area contributed by atoms with Crippen molar-refractivity contribution in [2.75, 3.05) is 0 Å². The molecular formula is C38H55FN2O. The van der Waals surface area contributed by atoms with Gasteiger partial charge in [0, 0.05) is 17.8 Å². The van der Waals surface area contributed by atoms with Crippen LogP contribution in [0.15, 0.2) is 88.6 Å². The van der Waals surface area contributed by atoms with Crippen LogP contribution < -0.4 is 5.32 Å². The monoisotopic (exact) mass is 574 g/mol. The van der Waals surface area contributed by atoms with Gasteiger partial charge in [-0.05, 0) is 106 Å². The Kier molecular flexibility index (Phi) is 15.4. The van der Waals surface area contributed by atoms with E-state index in [-0.39, 0.29) is 5.92 Å². The highest BCUT2D eigenvalue weighted by atomic mass is 19.1. The molecule has 0 heterocycles. The zero-order valence-electron chi connectivity index (χ0n) is 28.0. The van der Waals surface area contributed by atoms with Gasteiger partial charge in [-0.3, -0.25) is 9.79 Å². The highest BCUT2D eigenvalue weighted by Crippen LogP contribution is 2.40. The zero-order chi connectivity index (χ0) is 32.0. The SMILES string of the molecule is C=C/C(F)=C(\C=C(C)C)N/C(C)=C(C)/C(=C\C(=C)c1ccc(C(CCC)(CCC)C(=O)C(C)CC)c(C)c1)N=CCC. The zero-order valence-corrected chi connectivity index (χ0v) is 28.0. The summed E-state index contributed by atoms with van der Waals surface area (Å²) in [6, 6.07) is 6.39. The lowest BCUT2D eigenvalue weighted by molar-refractivity contribution is -0.129. The minimum absolute atomic E-state index is 0.0257. The van der Waals surface area contributed by atoms with E-state index in [1.807, 2.05) is 46.9 Å². The molecule has 1 N–H and O–H groups in total. The predicted octanol–water partition coefficient (Wildman–Crippen LogP) is 11.0. The Morgan fingerprint density at radius 2 is 1.69 bits per heavy atom. The van der Waals surface area contributed by atoms with Gasteiger partial charge in [-0.2, -0.15) is 0 Å². The summed E-state index contributed by atoms with van der Waals surface area (Å²) in [6.45, 7) is 28.3. The third-order valence-corrected chi connectivity index (χ3v) is 7.86. The van der Waals surface area contributed by atoms with Crippen molar-refractivity contribution in [2.45, 2.75) is 113 Å². The lowest BCUT2D eigenvalue weighted by atomic mass is 9.65. The van der Waals surface area contributed by atoms with Gasteiger partial charge in [0.1, 0.15) is 11.6 Å². The van der Waals surface area contributed by atoms with Crippen LogP contribution in [0.25, 0.3) is 5.57 Å². The van der Waals surface area contributed by atoms with Crippen molar-refractivity contribution >= 4 is 17.6 Å². The number of nitrogens with one attached hydrogen (secondary N) is 1. The maximum Gasteiger partial charge on any atom is 0.146 e. The van der Waals surface area contributed by atoms with Gasteiger partial charge < -0.3 is 5.32 Å². The third kappa shape index (κ3) is 9.64. The molecular weight excluding hydrogens is 519 g/mol. The lowest BCUT2D eigenvalue weighted by Gasteiger charge is -2.36. The first-order valence-corrected chi connectivity index (χ1v) is 15.5. The number of hydrogen-bond acceptors (Lipinski definition) is 3. The molecule has 1 atom stereocenters. The van der Waals surface area contributed by atoms with E-state index in [2.05, 4.69) is 71.3 Å². The summed E-state index contributed by atoms with van der Waals surface area (Å²) in [5.74, 6) is -0.0321. The van der Waals surface area contributed by atoms with Crippen LogP contribution in [-0.2, 0) is 10.2 Å². The molecule has 0 aliphatic heterocycles. The summed E-state index contributed by atoms with van der Waals surface area (Å²) >= 11 is 0. The van der Waals surface area contributed by atoms with Gasteiger partial charge in [-0.15, -0.1) is 0 Å². The molecule has 3 nitrogen and oxygen atoms in total. The Bertz CT molecular complexity index is 1260. The van der Waals surface area contributed by atoms with Crippen molar-refractivity contribution in [3.8, 4) is 0 Å². The van der Waals surface area contributed by atoms with E-state index >= 15 is 0 Å². The molecule has 42 heavy (non-hydrogen) atoms. The number of rotatable bonds is 17. The largest absolute Gasteiger partial charge is 0.356 e. The van der Waals surface area contributed by atoms with E-state index in [0.717, 1.165) is 83.3 Å². The molecule has 1 rings (SSSR count). The second-order valence-electron chi connectivity index (χ2n) is 11.6. The quantitative estimate of drug-likeness (QED) is 0.148. The Labute approximate surface area is 256 Å². The van der Waals surface area contributed by atoms with Gasteiger partial charge in [0.25, 0.3) is 0 Å². The van der Waals surface area contributed by atoms with Gasteiger partial charge in [0.05, 0.1) is 16.8 Å². The highest BCUT2D eigenvalue weighted by molar-refractivity contribution is 5.92. The molecule has 0 bridgehead atoms. The number of benzene rings is 1. The Morgan fingerprint density at radius 1 is 1.07 bits per heavy atom. The van der Waals surface area contributed by atoms with Gasteiger partial charge >= 0.3 is 0 Å². The summed E-state index contributed by atoms with van der Waals surface area (Å²) in [4.78, 5) is 18.6. The Morgan fingerprint density at radius 3 is 2.17 bits per heavy atom. The maximum absolute atomic E-state index is 14.5. The van der Waals surface area contributed by atoms with Crippen molar-refractivity contribution in [2.24, 2.45) is 10.9 Å². The number of carbonyl (C=O) groups excluding carboxylic acids is 1. The van der Waals surface area contributed by atoms with Gasteiger partial charge in [0.15, 0.2) is 0 Å². The van der Waals surface area contributed by atoms with Crippen LogP contribution in [0.2, 0.25) is 0 Å². The number of allylic oxidation sites excluding steroid dienone is 8. The first-order valence-electron chi connectivity index (χ1n) is 15.5. The summed E-state index contributed by atoms with van der Waals surface area (Å²) < 4.78 is 14.5. The number of aliphatic imine (C=N–C) groups is 1. The van der Waals surface area contributed by atoms with E-state index < -0.39 is 11.2 Å². The molecule has 0 saturated heterocycles. The molecule has 0 aliphatic carbocycles. The number of aryl methyl sites for hydroxylation is 1. The molecule has 4 heteroatoms. The summed E-state index contributed by atoms with van der Waals surface area (Å²) in [5, 5.41) is 3.21. The standard InChI is InChI=1S/C38H55FN2O/c1-13-20-38(21-14-2,37(42)27(8)16-4)33-19-18-32(24-29(33)10)28(9)25-35(40-22-15-3)30(11)31(12)41-36(23-26(6)7)34(39)17-5/h17-19,22-25,27,41H,5,9,13-16,20-21H2,1-4,6-8,10-12H3/b31-30+,35-25+,36-34-,40-22?. The first kappa shape index (κ1) is 36.8. The number of carbonyl (C=O) groups is 1. The van der Waals surface area contributed by atoms with E-state index in [9.17, 15) is 9.18 Å². The molecule has 0 amide bonds. The molecule has 0 fully saturated rings. The number of nitrogens with zero attached hydrogens (tertiary/aromatic N) is 1. The lowest BCUT2D eigenvalue weighted by Crippen LogP contribution is -2.40. The average molecular weight is 575 g/mol. The Hall–Kier alpha value is -3.27. The highest BCUT2D eigenvalue weighted by Gasteiger charge is 2.41. The van der Waals surface area contributed by atoms with Gasteiger partial charge in [0.2, 0.25) is 0 Å². The van der Waals surface area contributed by atoms with Crippen LogP contribution in [0, 0.1) is 12.8 Å². The molecule has 1 aromatic rings. The topological polar surface area (TPSA) is 41.5 Å². The maximum atomic E-state index is 14.5. The normalized spacial score (nSPS) is 14.2. The van der Waals surface area contributed by atoms with E-state index in [1.165, 1.54) is 6.08 Å². The van der Waals surface area contributed by atoms with Crippen molar-refractivity contribution in [3.05, 3.63) is 100 Å². The third-order valence-electron chi connectivity index (χ3n) is 7.86. The summed E-state index contributed by atoms with van der Waals surface area (Å²) in [6.07, 6.45) is 12.1. The second kappa shape index (κ2) is 17.6. The molecule has 0 aromatic heterocycles. The van der Waals surface area contributed by atoms with Crippen molar-refractivity contribution in [1.29, 1.82) is 0 Å². The van der Waals surface area contributed by atoms with Crippen molar-refractivity contribution in [3.63, 3.8) is 0 Å². The summed E-state index contributed by atoms with van der Waals surface area (Å²) in [7, 11) is 0. The Balaban J connectivity index is 3.66. The van der Waals surface area contributed by atoms with Crippen LogP contribution in [0.4, 0.5) is 4.39 Å². The van der Waals surface area contributed by atoms with Crippen LogP contribution in [-0.4, -0.2) is 12.0 Å². The van der Waals surface area contributed by atoms with E-state index in [0.29, 0.717) is 11.5 Å². The predicted molar refractivity (Wildman–Crippen MR) is 182 cm³/mol. The molecule has 1 unspecified atom stereocenters. The minimum atomic E-state index is -0.464. The average Bonchev–Trinajstić information content (AvgIpc) is 2.96. The molecule has 1 aromatic carbocycles. The first-order chi connectivity index (χ1) is 19.8. The van der Waals surface area contributed by atoms with Crippen LogP contribution in [0.1, 0.15) is 118 Å². The van der Waals surface area contributed by atoms with Crippen molar-refractivity contribution < 1.29 is 9.18 Å². The van der Waals surface area contributed by atoms with Gasteiger partial charge in [-0.25, -0.2) is 4.39 Å². The molecule has 0 radical (unpaired) electrons. The van der Waals surface area contributed by atoms with Crippen LogP contribution in [0.3, 0.4) is 0 Å².